The highest BCUT2D eigenvalue weighted by Crippen LogP contribution is 2.19. The second-order valence-corrected chi connectivity index (χ2v) is 6.50. The van der Waals surface area contributed by atoms with Crippen LogP contribution in [0.25, 0.3) is 0 Å². The molecule has 1 aromatic heterocycles. The molecule has 0 saturated carbocycles. The number of benzene rings is 1. The Morgan fingerprint density at radius 3 is 2.79 bits per heavy atom. The maximum absolute atomic E-state index is 12.7. The zero-order valence-corrected chi connectivity index (χ0v) is 15.8. The van der Waals surface area contributed by atoms with Gasteiger partial charge in [-0.15, -0.1) is 10.2 Å². The van der Waals surface area contributed by atoms with E-state index < -0.39 is 11.9 Å². The summed E-state index contributed by atoms with van der Waals surface area (Å²) in [7, 11) is 3.34. The lowest BCUT2D eigenvalue weighted by molar-refractivity contribution is -0.129. The van der Waals surface area contributed by atoms with Gasteiger partial charge in [0.25, 0.3) is 5.91 Å². The van der Waals surface area contributed by atoms with E-state index in [1.165, 1.54) is 4.90 Å². The Morgan fingerprint density at radius 2 is 2.11 bits per heavy atom. The molecule has 9 nitrogen and oxygen atoms in total. The van der Waals surface area contributed by atoms with Crippen molar-refractivity contribution in [3.8, 4) is 0 Å². The normalized spacial score (nSPS) is 17.3. The van der Waals surface area contributed by atoms with Gasteiger partial charge >= 0.3 is 0 Å². The zero-order chi connectivity index (χ0) is 20.1. The number of hydrogen-bond donors (Lipinski definition) is 4. The first kappa shape index (κ1) is 19.3. The highest BCUT2D eigenvalue weighted by atomic mass is 16.2. The van der Waals surface area contributed by atoms with E-state index in [2.05, 4.69) is 25.8 Å². The Kier molecular flexibility index (Phi) is 5.83. The van der Waals surface area contributed by atoms with Crippen LogP contribution >= 0.6 is 0 Å². The summed E-state index contributed by atoms with van der Waals surface area (Å²) >= 11 is 0. The minimum Gasteiger partial charge on any atom is -0.390 e. The van der Waals surface area contributed by atoms with E-state index in [-0.39, 0.29) is 11.7 Å². The number of H-pyrrole nitrogens is 1. The summed E-state index contributed by atoms with van der Waals surface area (Å²) in [4.78, 5) is 29.5. The standard InChI is InChI=1S/C19H23N7O2/c1-21-13-8-9-14(19(28)26(2)15(13)11-20)22-18(27)17-23-16(24-25-17)10-12-6-4-3-5-7-12/h3-7,11,14,20-21H,8-10H2,1-2H3,(H,22,27)(H,23,24,25)/t14-/m0/s1. The molecule has 1 aromatic carbocycles. The molecule has 0 spiro atoms. The Balaban J connectivity index is 1.68. The molecule has 0 saturated heterocycles. The number of nitrogens with one attached hydrogen (secondary N) is 4. The number of carbonyl (C=O) groups excluding carboxylic acids is 2. The average molecular weight is 381 g/mol. The van der Waals surface area contributed by atoms with Crippen LogP contribution in [0.15, 0.2) is 41.7 Å². The number of likely N-dealkylation sites (N-methyl/N-ethyl adjacent to an activating group) is 1. The van der Waals surface area contributed by atoms with Crippen LogP contribution in [0.3, 0.4) is 0 Å². The Labute approximate surface area is 162 Å². The van der Waals surface area contributed by atoms with Crippen molar-refractivity contribution < 1.29 is 9.59 Å². The fraction of sp³-hybridized carbons (Fsp3) is 0.316. The molecule has 9 heteroatoms. The first-order valence-corrected chi connectivity index (χ1v) is 8.98. The molecule has 2 aromatic rings. The van der Waals surface area contributed by atoms with E-state index in [0.29, 0.717) is 30.8 Å². The van der Waals surface area contributed by atoms with E-state index >= 15 is 0 Å². The summed E-state index contributed by atoms with van der Waals surface area (Å²) < 4.78 is 0. The van der Waals surface area contributed by atoms with Crippen molar-refractivity contribution in [3.63, 3.8) is 0 Å². The summed E-state index contributed by atoms with van der Waals surface area (Å²) in [5.74, 6) is -0.116. The van der Waals surface area contributed by atoms with Crippen molar-refractivity contribution in [1.29, 1.82) is 5.41 Å². The largest absolute Gasteiger partial charge is 0.390 e. The van der Waals surface area contributed by atoms with Gasteiger partial charge in [0.15, 0.2) is 0 Å². The van der Waals surface area contributed by atoms with Gasteiger partial charge in [-0.1, -0.05) is 30.3 Å². The molecule has 1 atom stereocenters. The number of aromatic nitrogens is 3. The topological polar surface area (TPSA) is 127 Å². The van der Waals surface area contributed by atoms with Crippen LogP contribution in [0.4, 0.5) is 0 Å². The summed E-state index contributed by atoms with van der Waals surface area (Å²) in [5, 5.41) is 21.2. The first-order chi connectivity index (χ1) is 13.5. The van der Waals surface area contributed by atoms with Crippen molar-refractivity contribution in [2.24, 2.45) is 0 Å². The zero-order valence-electron chi connectivity index (χ0n) is 15.8. The van der Waals surface area contributed by atoms with Gasteiger partial charge < -0.3 is 25.9 Å². The number of nitrogens with zero attached hydrogens (tertiary/aromatic N) is 3. The molecule has 1 aliphatic rings. The van der Waals surface area contributed by atoms with E-state index in [0.717, 1.165) is 17.5 Å². The summed E-state index contributed by atoms with van der Waals surface area (Å²) in [6, 6.07) is 9.03. The van der Waals surface area contributed by atoms with Crippen LogP contribution in [0.2, 0.25) is 0 Å². The third-order valence-corrected chi connectivity index (χ3v) is 4.69. The van der Waals surface area contributed by atoms with Crippen LogP contribution in [0, 0.1) is 5.41 Å². The van der Waals surface area contributed by atoms with Gasteiger partial charge in [0, 0.05) is 32.4 Å². The molecular weight excluding hydrogens is 358 g/mol. The SMILES string of the molecule is CNC1=C(C=N)N(C)C(=O)[C@@H](NC(=O)c2nnc(Cc3ccccc3)[nH]2)CC1. The average Bonchev–Trinajstić information content (AvgIpc) is 3.14. The molecule has 2 heterocycles. The van der Waals surface area contributed by atoms with Gasteiger partial charge in [-0.25, -0.2) is 0 Å². The molecule has 1 aliphatic heterocycles. The molecule has 0 radical (unpaired) electrons. The van der Waals surface area contributed by atoms with E-state index in [9.17, 15) is 9.59 Å². The summed E-state index contributed by atoms with van der Waals surface area (Å²) in [5.41, 5.74) is 2.33. The molecule has 3 rings (SSSR count). The Bertz CT molecular complexity index is 904. The van der Waals surface area contributed by atoms with Crippen LogP contribution < -0.4 is 10.6 Å². The molecule has 28 heavy (non-hydrogen) atoms. The predicted molar refractivity (Wildman–Crippen MR) is 104 cm³/mol. The van der Waals surface area contributed by atoms with Gasteiger partial charge in [0.05, 0.1) is 5.70 Å². The smallest absolute Gasteiger partial charge is 0.289 e. The third-order valence-electron chi connectivity index (χ3n) is 4.69. The first-order valence-electron chi connectivity index (χ1n) is 8.98. The monoisotopic (exact) mass is 381 g/mol. The van der Waals surface area contributed by atoms with Crippen LogP contribution in [-0.4, -0.2) is 58.2 Å². The molecule has 4 N–H and O–H groups in total. The molecule has 0 bridgehead atoms. The minimum atomic E-state index is -0.707. The third kappa shape index (κ3) is 4.08. The minimum absolute atomic E-state index is 0.0692. The molecule has 0 unspecified atom stereocenters. The molecular formula is C19H23N7O2. The predicted octanol–water partition coefficient (Wildman–Crippen LogP) is 0.827. The van der Waals surface area contributed by atoms with Gasteiger partial charge in [-0.05, 0) is 18.4 Å². The van der Waals surface area contributed by atoms with Crippen molar-refractivity contribution >= 4 is 18.0 Å². The van der Waals surface area contributed by atoms with E-state index in [1.807, 2.05) is 30.3 Å². The van der Waals surface area contributed by atoms with E-state index in [1.54, 1.807) is 14.1 Å². The van der Waals surface area contributed by atoms with Crippen LogP contribution in [-0.2, 0) is 11.2 Å². The maximum Gasteiger partial charge on any atom is 0.289 e. The number of hydrogen-bond acceptors (Lipinski definition) is 6. The number of amides is 2. The highest BCUT2D eigenvalue weighted by molar-refractivity contribution is 5.97. The number of carbonyl (C=O) groups is 2. The number of aromatic amines is 1. The quantitative estimate of drug-likeness (QED) is 0.551. The lowest BCUT2D eigenvalue weighted by atomic mass is 10.1. The maximum atomic E-state index is 12.7. The summed E-state index contributed by atoms with van der Waals surface area (Å²) in [6.07, 6.45) is 2.63. The van der Waals surface area contributed by atoms with Crippen LogP contribution in [0.1, 0.15) is 34.8 Å². The van der Waals surface area contributed by atoms with Crippen molar-refractivity contribution in [1.82, 2.24) is 30.7 Å². The Morgan fingerprint density at radius 1 is 1.36 bits per heavy atom. The Hall–Kier alpha value is -3.49. The lowest BCUT2D eigenvalue weighted by Gasteiger charge is -2.22. The highest BCUT2D eigenvalue weighted by Gasteiger charge is 2.30. The van der Waals surface area contributed by atoms with Crippen LogP contribution in [0.5, 0.6) is 0 Å². The van der Waals surface area contributed by atoms with Gasteiger partial charge in [-0.3, -0.25) is 9.59 Å². The molecule has 146 valence electrons. The second-order valence-electron chi connectivity index (χ2n) is 6.50. The molecule has 0 fully saturated rings. The molecule has 2 amide bonds. The second kappa shape index (κ2) is 8.47. The van der Waals surface area contributed by atoms with Crippen molar-refractivity contribution in [2.45, 2.75) is 25.3 Å². The van der Waals surface area contributed by atoms with Crippen molar-refractivity contribution in [2.75, 3.05) is 14.1 Å². The fourth-order valence-corrected chi connectivity index (χ4v) is 3.16. The lowest BCUT2D eigenvalue weighted by Crippen LogP contribution is -2.46. The number of allylic oxidation sites excluding steroid dienone is 2. The van der Waals surface area contributed by atoms with E-state index in [4.69, 9.17) is 5.41 Å². The van der Waals surface area contributed by atoms with Gasteiger partial charge in [0.2, 0.25) is 11.7 Å². The van der Waals surface area contributed by atoms with Crippen molar-refractivity contribution in [3.05, 3.63) is 58.9 Å². The fourth-order valence-electron chi connectivity index (χ4n) is 3.16. The van der Waals surface area contributed by atoms with Gasteiger partial charge in [-0.2, -0.15) is 0 Å². The summed E-state index contributed by atoms with van der Waals surface area (Å²) in [6.45, 7) is 0. The number of rotatable bonds is 6. The molecule has 0 aliphatic carbocycles. The van der Waals surface area contributed by atoms with Gasteiger partial charge in [0.1, 0.15) is 11.9 Å².